The Hall–Kier alpha value is -2.26. The highest BCUT2D eigenvalue weighted by atomic mass is 35.5. The van der Waals surface area contributed by atoms with Crippen molar-refractivity contribution in [3.8, 4) is 11.3 Å². The predicted molar refractivity (Wildman–Crippen MR) is 134 cm³/mol. The zero-order valence-electron chi connectivity index (χ0n) is 19.9. The topological polar surface area (TPSA) is 97.4 Å². The van der Waals surface area contributed by atoms with Crippen LogP contribution in [0, 0.1) is 5.92 Å². The first-order chi connectivity index (χ1) is 16.4. The fourth-order valence-corrected chi connectivity index (χ4v) is 4.57. The van der Waals surface area contributed by atoms with Crippen molar-refractivity contribution in [2.45, 2.75) is 51.2 Å². The van der Waals surface area contributed by atoms with Crippen molar-refractivity contribution < 1.29 is 14.3 Å². The van der Waals surface area contributed by atoms with E-state index in [0.29, 0.717) is 60.0 Å². The third-order valence-electron chi connectivity index (χ3n) is 6.08. The Morgan fingerprint density at radius 1 is 1.32 bits per heavy atom. The summed E-state index contributed by atoms with van der Waals surface area (Å²) in [5.41, 5.74) is 1.12. The number of anilines is 2. The second-order valence-electron chi connectivity index (χ2n) is 9.65. The molecule has 0 aromatic carbocycles. The number of hydrogen-bond donors (Lipinski definition) is 3. The van der Waals surface area contributed by atoms with Gasteiger partial charge >= 0.3 is 0 Å². The van der Waals surface area contributed by atoms with Crippen LogP contribution < -0.4 is 16.0 Å². The zero-order chi connectivity index (χ0) is 24.0. The van der Waals surface area contributed by atoms with Gasteiger partial charge in [-0.1, -0.05) is 17.7 Å². The molecule has 2 unspecified atom stereocenters. The molecule has 0 radical (unpaired) electrons. The van der Waals surface area contributed by atoms with Gasteiger partial charge in [0.25, 0.3) is 0 Å². The summed E-state index contributed by atoms with van der Waals surface area (Å²) in [5.74, 6) is 1.71. The summed E-state index contributed by atoms with van der Waals surface area (Å²) < 4.78 is 11.7. The van der Waals surface area contributed by atoms with Crippen LogP contribution in [0.5, 0.6) is 0 Å². The number of amides is 1. The molecule has 2 aromatic rings. The van der Waals surface area contributed by atoms with Crippen molar-refractivity contribution in [2.24, 2.45) is 5.92 Å². The Kier molecular flexibility index (Phi) is 8.37. The molecule has 0 spiro atoms. The minimum absolute atomic E-state index is 0.0349. The number of halogens is 1. The Labute approximate surface area is 206 Å². The first-order valence-corrected chi connectivity index (χ1v) is 12.4. The number of pyridine rings is 2. The summed E-state index contributed by atoms with van der Waals surface area (Å²) in [6.07, 6.45) is 5.21. The minimum Gasteiger partial charge on any atom is -0.376 e. The van der Waals surface area contributed by atoms with Gasteiger partial charge in [-0.15, -0.1) is 0 Å². The first kappa shape index (κ1) is 24.9. The Balaban J connectivity index is 1.36. The first-order valence-electron chi connectivity index (χ1n) is 12.0. The summed E-state index contributed by atoms with van der Waals surface area (Å²) in [7, 11) is 0. The molecule has 2 atom stereocenters. The van der Waals surface area contributed by atoms with E-state index >= 15 is 0 Å². The van der Waals surface area contributed by atoms with E-state index in [9.17, 15) is 4.79 Å². The molecule has 4 rings (SSSR count). The smallest absolute Gasteiger partial charge is 0.225 e. The van der Waals surface area contributed by atoms with Crippen LogP contribution in [0.15, 0.2) is 30.5 Å². The van der Waals surface area contributed by atoms with Crippen LogP contribution >= 0.6 is 11.6 Å². The highest BCUT2D eigenvalue weighted by Gasteiger charge is 2.29. The van der Waals surface area contributed by atoms with Gasteiger partial charge in [0.05, 0.1) is 35.6 Å². The van der Waals surface area contributed by atoms with Gasteiger partial charge in [0, 0.05) is 24.7 Å². The summed E-state index contributed by atoms with van der Waals surface area (Å²) >= 11 is 6.43. The number of carbonyl (C=O) groups is 1. The molecule has 0 bridgehead atoms. The lowest BCUT2D eigenvalue weighted by Crippen LogP contribution is -2.45. The molecular weight excluding hydrogens is 454 g/mol. The van der Waals surface area contributed by atoms with Gasteiger partial charge in [0.15, 0.2) is 0 Å². The van der Waals surface area contributed by atoms with Gasteiger partial charge in [-0.2, -0.15) is 0 Å². The zero-order valence-corrected chi connectivity index (χ0v) is 20.7. The molecule has 2 aromatic heterocycles. The van der Waals surface area contributed by atoms with E-state index in [1.165, 1.54) is 12.8 Å². The number of ether oxygens (including phenoxy) is 2. The molecule has 3 N–H and O–H groups in total. The van der Waals surface area contributed by atoms with Crippen molar-refractivity contribution in [3.05, 3.63) is 35.5 Å². The molecule has 2 fully saturated rings. The highest BCUT2D eigenvalue weighted by Crippen LogP contribution is 2.29. The average molecular weight is 488 g/mol. The van der Waals surface area contributed by atoms with E-state index in [-0.39, 0.29) is 17.6 Å². The standard InChI is InChI=1S/C25H34ClN5O3/c1-25(2)16-33-15-18(34-25)13-28-22-7-3-6-21(30-22)19-11-23(29-14-20(19)26)31-24(32)9-8-17-5-4-10-27-12-17/h3,6-7,11,14,17-18,27H,4-5,8-10,12-13,15-16H2,1-2H3,(H,28,30)(H,29,31,32). The molecule has 4 heterocycles. The van der Waals surface area contributed by atoms with Crippen LogP contribution in [-0.4, -0.2) is 60.4 Å². The van der Waals surface area contributed by atoms with Crippen molar-refractivity contribution in [1.29, 1.82) is 0 Å². The average Bonchev–Trinajstić information content (AvgIpc) is 2.83. The summed E-state index contributed by atoms with van der Waals surface area (Å²) in [4.78, 5) is 21.5. The molecule has 2 aliphatic rings. The van der Waals surface area contributed by atoms with Gasteiger partial charge < -0.3 is 25.4 Å². The second-order valence-corrected chi connectivity index (χ2v) is 10.1. The van der Waals surface area contributed by atoms with Crippen molar-refractivity contribution >= 4 is 29.1 Å². The molecule has 8 nitrogen and oxygen atoms in total. The van der Waals surface area contributed by atoms with Crippen LogP contribution in [0.1, 0.15) is 39.5 Å². The summed E-state index contributed by atoms with van der Waals surface area (Å²) in [6.45, 7) is 7.83. The third-order valence-corrected chi connectivity index (χ3v) is 6.38. The van der Waals surface area contributed by atoms with Crippen molar-refractivity contribution in [2.75, 3.05) is 43.5 Å². The van der Waals surface area contributed by atoms with Gasteiger partial charge in [0.2, 0.25) is 5.91 Å². The van der Waals surface area contributed by atoms with Gasteiger partial charge in [-0.25, -0.2) is 9.97 Å². The lowest BCUT2D eigenvalue weighted by Gasteiger charge is -2.36. The number of nitrogens with one attached hydrogen (secondary N) is 3. The van der Waals surface area contributed by atoms with Gasteiger partial charge in [-0.05, 0) is 70.3 Å². The van der Waals surface area contributed by atoms with Crippen LogP contribution in [-0.2, 0) is 14.3 Å². The van der Waals surface area contributed by atoms with Crippen LogP contribution in [0.2, 0.25) is 5.02 Å². The fourth-order valence-electron chi connectivity index (χ4n) is 4.37. The lowest BCUT2D eigenvalue weighted by molar-refractivity contribution is -0.177. The number of aromatic nitrogens is 2. The maximum atomic E-state index is 12.5. The predicted octanol–water partition coefficient (Wildman–Crippen LogP) is 4.12. The molecule has 34 heavy (non-hydrogen) atoms. The number of piperidine rings is 1. The maximum Gasteiger partial charge on any atom is 0.225 e. The summed E-state index contributed by atoms with van der Waals surface area (Å²) in [6, 6.07) is 7.47. The van der Waals surface area contributed by atoms with E-state index < -0.39 is 0 Å². The maximum absolute atomic E-state index is 12.5. The minimum atomic E-state index is -0.293. The molecular formula is C25H34ClN5O3. The van der Waals surface area contributed by atoms with E-state index in [1.807, 2.05) is 32.0 Å². The monoisotopic (exact) mass is 487 g/mol. The van der Waals surface area contributed by atoms with Crippen LogP contribution in [0.3, 0.4) is 0 Å². The summed E-state index contributed by atoms with van der Waals surface area (Å²) in [5, 5.41) is 10.1. The van der Waals surface area contributed by atoms with Crippen LogP contribution in [0.25, 0.3) is 11.3 Å². The Bertz CT molecular complexity index is 981. The molecule has 1 amide bonds. The molecule has 184 valence electrons. The fraction of sp³-hybridized carbons (Fsp3) is 0.560. The van der Waals surface area contributed by atoms with Crippen molar-refractivity contribution in [3.63, 3.8) is 0 Å². The van der Waals surface area contributed by atoms with Gasteiger partial charge in [-0.3, -0.25) is 4.79 Å². The lowest BCUT2D eigenvalue weighted by atomic mass is 9.94. The van der Waals surface area contributed by atoms with E-state index in [1.54, 1.807) is 12.3 Å². The molecule has 0 saturated carbocycles. The van der Waals surface area contributed by atoms with E-state index in [2.05, 4.69) is 20.9 Å². The van der Waals surface area contributed by atoms with Crippen molar-refractivity contribution in [1.82, 2.24) is 15.3 Å². The molecule has 2 aliphatic heterocycles. The Morgan fingerprint density at radius 2 is 2.21 bits per heavy atom. The SMILES string of the molecule is CC1(C)COCC(CNc2cccc(-c3cc(NC(=O)CCC4CCCNC4)ncc3Cl)n2)O1. The second kappa shape index (κ2) is 11.4. The van der Waals surface area contributed by atoms with E-state index in [4.69, 9.17) is 26.1 Å². The number of hydrogen-bond acceptors (Lipinski definition) is 7. The Morgan fingerprint density at radius 3 is 3.00 bits per heavy atom. The molecule has 2 saturated heterocycles. The molecule has 0 aliphatic carbocycles. The van der Waals surface area contributed by atoms with Gasteiger partial charge in [0.1, 0.15) is 11.6 Å². The number of nitrogens with zero attached hydrogens (tertiary/aromatic N) is 2. The largest absolute Gasteiger partial charge is 0.376 e. The quantitative estimate of drug-likeness (QED) is 0.515. The van der Waals surface area contributed by atoms with Crippen LogP contribution in [0.4, 0.5) is 11.6 Å². The number of rotatable bonds is 8. The third kappa shape index (κ3) is 7.12. The van der Waals surface area contributed by atoms with E-state index in [0.717, 1.165) is 19.5 Å². The number of carbonyl (C=O) groups excluding carboxylic acids is 1. The highest BCUT2D eigenvalue weighted by molar-refractivity contribution is 6.33. The molecule has 9 heteroatoms. The normalized spacial score (nSPS) is 22.2.